The van der Waals surface area contributed by atoms with Gasteiger partial charge >= 0.3 is 0 Å². The van der Waals surface area contributed by atoms with E-state index < -0.39 is 0 Å². The molecular weight excluding hydrogens is 187 g/mol. The second kappa shape index (κ2) is 8.12. The summed E-state index contributed by atoms with van der Waals surface area (Å²) < 4.78 is 0. The molecule has 80 valence electrons. The minimum absolute atomic E-state index is 0.166. The van der Waals surface area contributed by atoms with Gasteiger partial charge in [-0.15, -0.1) is 7.53 Å². The molecule has 0 aliphatic carbocycles. The SMILES string of the molecule is CCCCCCCCCp1cccc1. The zero-order chi connectivity index (χ0) is 10.1. The van der Waals surface area contributed by atoms with Crippen LogP contribution in [0.4, 0.5) is 0 Å². The molecule has 0 radical (unpaired) electrons. The normalized spacial score (nSPS) is 10.6. The van der Waals surface area contributed by atoms with E-state index in [0.29, 0.717) is 0 Å². The first-order chi connectivity index (χ1) is 6.93. The first kappa shape index (κ1) is 11.9. The number of unbranched alkanes of at least 4 members (excludes halogenated alkanes) is 6. The number of hydrogen-bond donors (Lipinski definition) is 0. The Hall–Kier alpha value is -0.220. The average molecular weight is 210 g/mol. The molecule has 0 nitrogen and oxygen atoms in total. The first-order valence-electron chi connectivity index (χ1n) is 6.04. The summed E-state index contributed by atoms with van der Waals surface area (Å²) in [6.07, 6.45) is 11.5. The Labute approximate surface area is 89.8 Å². The lowest BCUT2D eigenvalue weighted by Gasteiger charge is -2.00. The van der Waals surface area contributed by atoms with Crippen LogP contribution in [-0.2, 0) is 6.16 Å². The Morgan fingerprint density at radius 1 is 0.786 bits per heavy atom. The lowest BCUT2D eigenvalue weighted by molar-refractivity contribution is 0.598. The van der Waals surface area contributed by atoms with Crippen LogP contribution in [0.1, 0.15) is 51.9 Å². The number of rotatable bonds is 8. The molecule has 0 atom stereocenters. The summed E-state index contributed by atoms with van der Waals surface area (Å²) in [5.41, 5.74) is 0. The third kappa shape index (κ3) is 5.50. The molecule has 1 aromatic rings. The van der Waals surface area contributed by atoms with Crippen LogP contribution in [0.3, 0.4) is 0 Å². The predicted octanol–water partition coefficient (Wildman–Crippen LogP) is 5.42. The summed E-state index contributed by atoms with van der Waals surface area (Å²) in [7, 11) is 0.166. The van der Waals surface area contributed by atoms with Gasteiger partial charge in [0.05, 0.1) is 0 Å². The highest BCUT2D eigenvalue weighted by Crippen LogP contribution is 2.29. The molecule has 0 aliphatic rings. The quantitative estimate of drug-likeness (QED) is 0.502. The van der Waals surface area contributed by atoms with Gasteiger partial charge in [-0.25, -0.2) is 0 Å². The van der Waals surface area contributed by atoms with E-state index in [0.717, 1.165) is 0 Å². The maximum absolute atomic E-state index is 2.38. The summed E-state index contributed by atoms with van der Waals surface area (Å²) in [6.45, 7) is 2.28. The fraction of sp³-hybridized carbons (Fsp3) is 0.692. The van der Waals surface area contributed by atoms with Crippen molar-refractivity contribution in [2.75, 3.05) is 0 Å². The Morgan fingerprint density at radius 3 is 2.00 bits per heavy atom. The highest BCUT2D eigenvalue weighted by atomic mass is 31.1. The van der Waals surface area contributed by atoms with Gasteiger partial charge in [-0.1, -0.05) is 57.6 Å². The van der Waals surface area contributed by atoms with Gasteiger partial charge in [0.1, 0.15) is 0 Å². The molecule has 0 amide bonds. The van der Waals surface area contributed by atoms with Crippen LogP contribution in [0.5, 0.6) is 0 Å². The molecule has 1 rings (SSSR count). The Kier molecular flexibility index (Phi) is 6.87. The Bertz CT molecular complexity index is 201. The van der Waals surface area contributed by atoms with Gasteiger partial charge in [-0.2, -0.15) is 0 Å². The van der Waals surface area contributed by atoms with E-state index in [4.69, 9.17) is 0 Å². The minimum atomic E-state index is 0.166. The molecule has 0 aromatic carbocycles. The minimum Gasteiger partial charge on any atom is -0.125 e. The number of aryl methyl sites for hydroxylation is 1. The fourth-order valence-corrected chi connectivity index (χ4v) is 3.40. The van der Waals surface area contributed by atoms with Crippen LogP contribution in [0.25, 0.3) is 0 Å². The molecule has 0 N–H and O–H groups in total. The molecule has 0 aliphatic heterocycles. The maximum atomic E-state index is 2.38. The molecule has 1 heteroatoms. The average Bonchev–Trinajstić information content (AvgIpc) is 2.69. The van der Waals surface area contributed by atoms with Crippen LogP contribution < -0.4 is 0 Å². The second-order valence-corrected chi connectivity index (χ2v) is 6.11. The van der Waals surface area contributed by atoms with Gasteiger partial charge in [0.15, 0.2) is 0 Å². The van der Waals surface area contributed by atoms with Crippen LogP contribution in [-0.4, -0.2) is 0 Å². The van der Waals surface area contributed by atoms with E-state index >= 15 is 0 Å². The lowest BCUT2D eigenvalue weighted by Crippen LogP contribution is -1.79. The largest absolute Gasteiger partial charge is 0.125 e. The summed E-state index contributed by atoms with van der Waals surface area (Å²) in [5, 5.41) is 0. The molecular formula is C13H23P. The monoisotopic (exact) mass is 210 g/mol. The molecule has 0 unspecified atom stereocenters. The fourth-order valence-electron chi connectivity index (χ4n) is 1.77. The van der Waals surface area contributed by atoms with E-state index in [2.05, 4.69) is 30.7 Å². The molecule has 0 spiro atoms. The van der Waals surface area contributed by atoms with Crippen LogP contribution in [0.15, 0.2) is 23.7 Å². The van der Waals surface area contributed by atoms with E-state index in [1.165, 1.54) is 51.1 Å². The Balaban J connectivity index is 1.85. The highest BCUT2D eigenvalue weighted by Gasteiger charge is 1.92. The van der Waals surface area contributed by atoms with Crippen molar-refractivity contribution in [1.82, 2.24) is 0 Å². The van der Waals surface area contributed by atoms with Gasteiger partial charge in [-0.3, -0.25) is 0 Å². The van der Waals surface area contributed by atoms with Crippen molar-refractivity contribution in [3.63, 3.8) is 0 Å². The molecule has 0 fully saturated rings. The topological polar surface area (TPSA) is 0 Å². The lowest BCUT2D eigenvalue weighted by atomic mass is 10.1. The van der Waals surface area contributed by atoms with Crippen molar-refractivity contribution in [2.24, 2.45) is 0 Å². The van der Waals surface area contributed by atoms with E-state index in [1.807, 2.05) is 0 Å². The molecule has 14 heavy (non-hydrogen) atoms. The zero-order valence-corrected chi connectivity index (χ0v) is 10.3. The maximum Gasteiger partial charge on any atom is -0.0141 e. The second-order valence-electron chi connectivity index (χ2n) is 4.04. The Morgan fingerprint density at radius 2 is 1.36 bits per heavy atom. The molecule has 0 saturated heterocycles. The van der Waals surface area contributed by atoms with Gasteiger partial charge in [0.25, 0.3) is 0 Å². The summed E-state index contributed by atoms with van der Waals surface area (Å²) in [6, 6.07) is 4.40. The third-order valence-electron chi connectivity index (χ3n) is 2.69. The van der Waals surface area contributed by atoms with E-state index in [1.54, 1.807) is 0 Å². The zero-order valence-electron chi connectivity index (χ0n) is 9.41. The first-order valence-corrected chi connectivity index (χ1v) is 7.70. The van der Waals surface area contributed by atoms with Crippen molar-refractivity contribution in [2.45, 2.75) is 58.0 Å². The van der Waals surface area contributed by atoms with Crippen LogP contribution >= 0.6 is 7.53 Å². The highest BCUT2D eigenvalue weighted by molar-refractivity contribution is 7.47. The van der Waals surface area contributed by atoms with Crippen molar-refractivity contribution >= 4 is 7.53 Å². The molecule has 0 saturated carbocycles. The summed E-state index contributed by atoms with van der Waals surface area (Å²) >= 11 is 0. The van der Waals surface area contributed by atoms with Crippen molar-refractivity contribution in [3.05, 3.63) is 23.7 Å². The molecule has 1 aromatic heterocycles. The third-order valence-corrected chi connectivity index (χ3v) is 4.63. The summed E-state index contributed by atoms with van der Waals surface area (Å²) in [5.74, 6) is 4.76. The van der Waals surface area contributed by atoms with Crippen molar-refractivity contribution in [3.8, 4) is 0 Å². The van der Waals surface area contributed by atoms with Crippen molar-refractivity contribution < 1.29 is 0 Å². The smallest absolute Gasteiger partial charge is 0.0141 e. The summed E-state index contributed by atoms with van der Waals surface area (Å²) in [4.78, 5) is 0. The van der Waals surface area contributed by atoms with Crippen LogP contribution in [0.2, 0.25) is 0 Å². The number of hydrogen-bond acceptors (Lipinski definition) is 0. The van der Waals surface area contributed by atoms with Gasteiger partial charge < -0.3 is 0 Å². The van der Waals surface area contributed by atoms with Gasteiger partial charge in [0.2, 0.25) is 0 Å². The standard InChI is InChI=1S/C13H23P/c1-2-3-4-5-6-7-8-11-14-12-9-10-13-14/h9-10,12-13H,2-8,11H2,1H3. The molecule has 0 bridgehead atoms. The van der Waals surface area contributed by atoms with Crippen molar-refractivity contribution in [1.29, 1.82) is 0 Å². The van der Waals surface area contributed by atoms with E-state index in [9.17, 15) is 0 Å². The van der Waals surface area contributed by atoms with Crippen LogP contribution in [0, 0.1) is 0 Å². The van der Waals surface area contributed by atoms with Gasteiger partial charge in [0, 0.05) is 0 Å². The van der Waals surface area contributed by atoms with Gasteiger partial charge in [-0.05, 0) is 24.2 Å². The predicted molar refractivity (Wildman–Crippen MR) is 67.1 cm³/mol. The molecule has 1 heterocycles. The van der Waals surface area contributed by atoms with E-state index in [-0.39, 0.29) is 7.53 Å².